The summed E-state index contributed by atoms with van der Waals surface area (Å²) < 4.78 is 7.42. The van der Waals surface area contributed by atoms with Crippen LogP contribution in [0.4, 0.5) is 5.82 Å². The number of aromatic nitrogens is 1. The normalized spacial score (nSPS) is 20.6. The van der Waals surface area contributed by atoms with Crippen molar-refractivity contribution in [1.29, 1.82) is 0 Å². The van der Waals surface area contributed by atoms with Gasteiger partial charge in [-0.05, 0) is 73.3 Å². The molecule has 0 radical (unpaired) electrons. The Morgan fingerprint density at radius 1 is 1.17 bits per heavy atom. The Kier molecular flexibility index (Phi) is 6.86. The molecule has 0 atom stereocenters. The second-order valence-corrected chi connectivity index (χ2v) is 15.6. The highest BCUT2D eigenvalue weighted by atomic mass is 79.9. The van der Waals surface area contributed by atoms with Crippen molar-refractivity contribution in [2.45, 2.75) is 64.6 Å². The van der Waals surface area contributed by atoms with Gasteiger partial charge in [-0.1, -0.05) is 42.8 Å². The highest BCUT2D eigenvalue weighted by Gasteiger charge is 2.38. The molecule has 1 aromatic carbocycles. The van der Waals surface area contributed by atoms with Crippen molar-refractivity contribution < 1.29 is 9.22 Å². The first kappa shape index (κ1) is 22.4. The van der Waals surface area contributed by atoms with E-state index in [2.05, 4.69) is 60.1 Å². The van der Waals surface area contributed by atoms with E-state index >= 15 is 0 Å². The van der Waals surface area contributed by atoms with Crippen LogP contribution in [0.3, 0.4) is 0 Å². The third-order valence-corrected chi connectivity index (χ3v) is 11.6. The van der Waals surface area contributed by atoms with Crippen LogP contribution < -0.4 is 5.32 Å². The van der Waals surface area contributed by atoms with Crippen LogP contribution in [0.15, 0.2) is 34.9 Å². The summed E-state index contributed by atoms with van der Waals surface area (Å²) in [4.78, 5) is 17.1. The molecule has 1 aliphatic carbocycles. The number of hydrogen-bond donors (Lipinski definition) is 1. The Morgan fingerprint density at radius 3 is 2.52 bits per heavy atom. The third-order valence-electron chi connectivity index (χ3n) is 6.64. The summed E-state index contributed by atoms with van der Waals surface area (Å²) in [6, 6.07) is 8.00. The van der Waals surface area contributed by atoms with Gasteiger partial charge in [0.1, 0.15) is 5.82 Å². The first-order valence-electron chi connectivity index (χ1n) is 10.6. The lowest BCUT2D eigenvalue weighted by Crippen LogP contribution is -2.42. The SMILES string of the molecule is CC(C)(C)[Si](C)(C)OC[C@H]1CC[C@H](C(=O)Nc2cc3cc(Br)ccc3cn2)CC1. The minimum atomic E-state index is -1.70. The van der Waals surface area contributed by atoms with Crippen molar-refractivity contribution in [1.82, 2.24) is 4.98 Å². The van der Waals surface area contributed by atoms with Gasteiger partial charge in [0.25, 0.3) is 0 Å². The zero-order chi connectivity index (χ0) is 21.2. The quantitative estimate of drug-likeness (QED) is 0.484. The van der Waals surface area contributed by atoms with Gasteiger partial charge in [-0.3, -0.25) is 4.79 Å². The van der Waals surface area contributed by atoms with Crippen molar-refractivity contribution in [2.24, 2.45) is 11.8 Å². The molecule has 1 saturated carbocycles. The number of carbonyl (C=O) groups excluding carboxylic acids is 1. The average Bonchev–Trinajstić information content (AvgIpc) is 2.65. The van der Waals surface area contributed by atoms with Crippen LogP contribution in [0.2, 0.25) is 18.1 Å². The van der Waals surface area contributed by atoms with Gasteiger partial charge in [-0.15, -0.1) is 0 Å². The maximum atomic E-state index is 12.7. The molecule has 1 amide bonds. The van der Waals surface area contributed by atoms with E-state index < -0.39 is 8.32 Å². The number of hydrogen-bond acceptors (Lipinski definition) is 3. The van der Waals surface area contributed by atoms with E-state index in [1.54, 1.807) is 0 Å². The Bertz CT molecular complexity index is 871. The number of nitrogens with zero attached hydrogens (tertiary/aromatic N) is 1. The molecule has 29 heavy (non-hydrogen) atoms. The topological polar surface area (TPSA) is 51.2 Å². The van der Waals surface area contributed by atoms with Crippen molar-refractivity contribution >= 4 is 46.7 Å². The molecule has 2 aromatic rings. The van der Waals surface area contributed by atoms with Crippen molar-refractivity contribution in [3.63, 3.8) is 0 Å². The summed E-state index contributed by atoms with van der Waals surface area (Å²) >= 11 is 3.50. The van der Waals surface area contributed by atoms with Gasteiger partial charge in [0.05, 0.1) is 0 Å². The zero-order valence-corrected chi connectivity index (χ0v) is 20.8. The summed E-state index contributed by atoms with van der Waals surface area (Å²) in [5.41, 5.74) is 0. The standard InChI is InChI=1S/C23H33BrN2O2Si/c1-23(2,3)29(4,5)28-15-16-6-8-17(9-7-16)22(27)26-21-13-19-12-20(24)11-10-18(19)14-25-21/h10-14,16-17H,6-9,15H2,1-5H3,(H,25,26,27)/t16-,17-. The number of rotatable bonds is 5. The van der Waals surface area contributed by atoms with E-state index in [9.17, 15) is 4.79 Å². The smallest absolute Gasteiger partial charge is 0.228 e. The fraction of sp³-hybridized carbons (Fsp3) is 0.565. The molecule has 1 heterocycles. The molecule has 0 spiro atoms. The van der Waals surface area contributed by atoms with E-state index in [0.717, 1.165) is 47.5 Å². The molecule has 4 nitrogen and oxygen atoms in total. The van der Waals surface area contributed by atoms with Gasteiger partial charge >= 0.3 is 0 Å². The predicted octanol–water partition coefficient (Wildman–Crippen LogP) is 6.76. The molecule has 1 aliphatic rings. The first-order chi connectivity index (χ1) is 13.5. The highest BCUT2D eigenvalue weighted by Crippen LogP contribution is 2.38. The van der Waals surface area contributed by atoms with Gasteiger partial charge in [0.2, 0.25) is 5.91 Å². The number of fused-ring (bicyclic) bond motifs is 1. The summed E-state index contributed by atoms with van der Waals surface area (Å²) in [5.74, 6) is 1.36. The summed E-state index contributed by atoms with van der Waals surface area (Å²) in [6.07, 6.45) is 5.79. The van der Waals surface area contributed by atoms with E-state index in [-0.39, 0.29) is 16.9 Å². The van der Waals surface area contributed by atoms with Crippen LogP contribution in [0, 0.1) is 11.8 Å². The highest BCUT2D eigenvalue weighted by molar-refractivity contribution is 9.10. The Labute approximate surface area is 184 Å². The molecule has 0 unspecified atom stereocenters. The fourth-order valence-corrected chi connectivity index (χ4v) is 5.01. The van der Waals surface area contributed by atoms with E-state index in [1.165, 1.54) is 0 Å². The summed E-state index contributed by atoms with van der Waals surface area (Å²) in [6.45, 7) is 12.3. The lowest BCUT2D eigenvalue weighted by Gasteiger charge is -2.38. The number of amides is 1. The number of pyridine rings is 1. The molecular formula is C23H33BrN2O2Si. The summed E-state index contributed by atoms with van der Waals surface area (Å²) in [5, 5.41) is 5.40. The van der Waals surface area contributed by atoms with Crippen LogP contribution in [0.1, 0.15) is 46.5 Å². The Balaban J connectivity index is 1.51. The summed E-state index contributed by atoms with van der Waals surface area (Å²) in [7, 11) is -1.70. The van der Waals surface area contributed by atoms with Crippen molar-refractivity contribution in [3.05, 3.63) is 34.9 Å². The average molecular weight is 478 g/mol. The maximum absolute atomic E-state index is 12.7. The minimum Gasteiger partial charge on any atom is -0.417 e. The molecule has 158 valence electrons. The molecule has 0 saturated heterocycles. The first-order valence-corrected chi connectivity index (χ1v) is 14.3. The Hall–Kier alpha value is -1.24. The van der Waals surface area contributed by atoms with Gasteiger partial charge in [-0.25, -0.2) is 4.98 Å². The van der Waals surface area contributed by atoms with Gasteiger partial charge in [-0.2, -0.15) is 0 Å². The molecule has 6 heteroatoms. The van der Waals surface area contributed by atoms with Crippen LogP contribution >= 0.6 is 15.9 Å². The molecule has 0 bridgehead atoms. The van der Waals surface area contributed by atoms with Crippen LogP contribution in [0.5, 0.6) is 0 Å². The molecular weight excluding hydrogens is 444 g/mol. The Morgan fingerprint density at radius 2 is 1.86 bits per heavy atom. The largest absolute Gasteiger partial charge is 0.417 e. The van der Waals surface area contributed by atoms with Gasteiger partial charge in [0.15, 0.2) is 8.32 Å². The number of benzene rings is 1. The lowest BCUT2D eigenvalue weighted by molar-refractivity contribution is -0.121. The van der Waals surface area contributed by atoms with Crippen molar-refractivity contribution in [3.8, 4) is 0 Å². The number of nitrogens with one attached hydrogen (secondary N) is 1. The molecule has 3 rings (SSSR count). The van der Waals surface area contributed by atoms with Gasteiger partial charge < -0.3 is 9.74 Å². The molecule has 0 aliphatic heterocycles. The van der Waals surface area contributed by atoms with E-state index in [1.807, 2.05) is 30.5 Å². The second kappa shape index (κ2) is 8.86. The number of anilines is 1. The molecule has 1 N–H and O–H groups in total. The van der Waals surface area contributed by atoms with Crippen LogP contribution in [-0.4, -0.2) is 25.8 Å². The fourth-order valence-electron chi connectivity index (χ4n) is 3.54. The third kappa shape index (κ3) is 5.67. The van der Waals surface area contributed by atoms with Crippen LogP contribution in [-0.2, 0) is 9.22 Å². The zero-order valence-electron chi connectivity index (χ0n) is 18.2. The lowest BCUT2D eigenvalue weighted by atomic mass is 9.82. The minimum absolute atomic E-state index is 0.0686. The number of carbonyl (C=O) groups is 1. The maximum Gasteiger partial charge on any atom is 0.228 e. The monoisotopic (exact) mass is 476 g/mol. The van der Waals surface area contributed by atoms with E-state index in [4.69, 9.17) is 4.43 Å². The van der Waals surface area contributed by atoms with Gasteiger partial charge in [0, 0.05) is 28.6 Å². The van der Waals surface area contributed by atoms with Crippen LogP contribution in [0.25, 0.3) is 10.8 Å². The molecule has 1 fully saturated rings. The number of halogens is 1. The van der Waals surface area contributed by atoms with E-state index in [0.29, 0.717) is 11.7 Å². The second-order valence-electron chi connectivity index (χ2n) is 9.84. The predicted molar refractivity (Wildman–Crippen MR) is 127 cm³/mol. The van der Waals surface area contributed by atoms with Crippen molar-refractivity contribution in [2.75, 3.05) is 11.9 Å². The molecule has 1 aromatic heterocycles.